The number of aromatic amines is 1. The van der Waals surface area contributed by atoms with Crippen LogP contribution in [0.25, 0.3) is 10.9 Å². The summed E-state index contributed by atoms with van der Waals surface area (Å²) in [6, 6.07) is 20.1. The van der Waals surface area contributed by atoms with Gasteiger partial charge in [0.2, 0.25) is 0 Å². The molecule has 0 fully saturated rings. The van der Waals surface area contributed by atoms with E-state index in [4.69, 9.17) is 4.42 Å². The number of aryl methyl sites for hydroxylation is 2. The fourth-order valence-electron chi connectivity index (χ4n) is 5.00. The molecule has 0 aliphatic rings. The van der Waals surface area contributed by atoms with Gasteiger partial charge in [0.15, 0.2) is 5.82 Å². The number of nitrogens with zero attached hydrogens (tertiary/aromatic N) is 5. The van der Waals surface area contributed by atoms with Crippen molar-refractivity contribution < 1.29 is 4.42 Å². The highest BCUT2D eigenvalue weighted by Gasteiger charge is 2.27. The summed E-state index contributed by atoms with van der Waals surface area (Å²) in [5.74, 6) is 1.61. The van der Waals surface area contributed by atoms with E-state index in [2.05, 4.69) is 57.5 Å². The third-order valence-corrected chi connectivity index (χ3v) is 6.74. The van der Waals surface area contributed by atoms with Crippen molar-refractivity contribution in [3.63, 3.8) is 0 Å². The van der Waals surface area contributed by atoms with Crippen molar-refractivity contribution in [1.82, 2.24) is 30.1 Å². The summed E-state index contributed by atoms with van der Waals surface area (Å²) in [5.41, 5.74) is 4.87. The molecule has 0 saturated carbocycles. The van der Waals surface area contributed by atoms with Gasteiger partial charge in [0.25, 0.3) is 5.56 Å². The van der Waals surface area contributed by atoms with Crippen LogP contribution in [0.1, 0.15) is 59.6 Å². The number of tetrazole rings is 1. The number of fused-ring (bicyclic) bond motifs is 1. The molecule has 8 nitrogen and oxygen atoms in total. The lowest BCUT2D eigenvalue weighted by atomic mass is 10.0. The summed E-state index contributed by atoms with van der Waals surface area (Å²) in [7, 11) is 0. The molecular formula is C29H32N6O2. The zero-order valence-corrected chi connectivity index (χ0v) is 21.5. The predicted octanol–water partition coefficient (Wildman–Crippen LogP) is 5.32. The molecule has 0 spiro atoms. The largest absolute Gasteiger partial charge is 0.468 e. The van der Waals surface area contributed by atoms with Crippen molar-refractivity contribution in [3.8, 4) is 0 Å². The van der Waals surface area contributed by atoms with Gasteiger partial charge in [0.1, 0.15) is 5.76 Å². The predicted molar refractivity (Wildman–Crippen MR) is 143 cm³/mol. The molecule has 0 aliphatic carbocycles. The van der Waals surface area contributed by atoms with Gasteiger partial charge < -0.3 is 9.40 Å². The molecule has 8 heteroatoms. The molecule has 0 aliphatic heterocycles. The minimum absolute atomic E-state index is 0.0823. The van der Waals surface area contributed by atoms with Crippen LogP contribution >= 0.6 is 0 Å². The Morgan fingerprint density at radius 2 is 1.89 bits per heavy atom. The average Bonchev–Trinajstić information content (AvgIpc) is 3.56. The monoisotopic (exact) mass is 496 g/mol. The Hall–Kier alpha value is -4.04. The molecule has 5 aromatic rings. The maximum absolute atomic E-state index is 13.2. The van der Waals surface area contributed by atoms with Gasteiger partial charge in [0, 0.05) is 23.0 Å². The molecule has 1 atom stereocenters. The maximum atomic E-state index is 13.2. The van der Waals surface area contributed by atoms with E-state index >= 15 is 0 Å². The Bertz CT molecular complexity index is 1520. The number of rotatable bonds is 10. The molecule has 37 heavy (non-hydrogen) atoms. The van der Waals surface area contributed by atoms with Gasteiger partial charge in [-0.05, 0) is 71.7 Å². The topological polar surface area (TPSA) is 92.8 Å². The number of aromatic nitrogens is 5. The highest BCUT2D eigenvalue weighted by molar-refractivity contribution is 5.83. The average molecular weight is 497 g/mol. The lowest BCUT2D eigenvalue weighted by Gasteiger charge is -2.30. The standard InChI is InChI=1S/C29H32N6O2/c1-4-9-27(28-31-32-33-35(28)17-22-10-6-5-7-11-22)34(19-24-12-8-13-37-24)18-23-16-25-21(3)14-20(2)15-26(25)30-29(23)36/h5-8,10-16,27H,4,9,17-19H2,1-3H3,(H,30,36)/t27-/m1/s1. The molecule has 3 heterocycles. The van der Waals surface area contributed by atoms with Crippen LogP contribution in [0.15, 0.2) is 76.1 Å². The Kier molecular flexibility index (Phi) is 7.28. The second-order valence-corrected chi connectivity index (χ2v) is 9.64. The highest BCUT2D eigenvalue weighted by Crippen LogP contribution is 2.29. The molecule has 190 valence electrons. The summed E-state index contributed by atoms with van der Waals surface area (Å²) >= 11 is 0. The SMILES string of the molecule is CCC[C@H](c1nnnn1Cc1ccccc1)N(Cc1ccco1)Cc1cc2c(C)cc(C)cc2[nH]c1=O. The summed E-state index contributed by atoms with van der Waals surface area (Å²) in [6.07, 6.45) is 3.44. The van der Waals surface area contributed by atoms with E-state index in [9.17, 15) is 4.79 Å². The summed E-state index contributed by atoms with van der Waals surface area (Å²) in [4.78, 5) is 18.6. The lowest BCUT2D eigenvalue weighted by Crippen LogP contribution is -2.32. The van der Waals surface area contributed by atoms with E-state index in [1.54, 1.807) is 6.26 Å². The minimum Gasteiger partial charge on any atom is -0.468 e. The third kappa shape index (κ3) is 5.54. The summed E-state index contributed by atoms with van der Waals surface area (Å²) in [6.45, 7) is 7.81. The van der Waals surface area contributed by atoms with Crippen LogP contribution in [0, 0.1) is 13.8 Å². The van der Waals surface area contributed by atoms with E-state index in [0.29, 0.717) is 25.2 Å². The number of benzene rings is 2. The molecule has 1 N–H and O–H groups in total. The zero-order valence-electron chi connectivity index (χ0n) is 21.5. The zero-order chi connectivity index (χ0) is 25.8. The molecule has 0 saturated heterocycles. The Morgan fingerprint density at radius 1 is 1.05 bits per heavy atom. The van der Waals surface area contributed by atoms with Gasteiger partial charge in [-0.1, -0.05) is 49.7 Å². The molecule has 0 radical (unpaired) electrons. The first-order valence-corrected chi connectivity index (χ1v) is 12.7. The maximum Gasteiger partial charge on any atom is 0.252 e. The number of pyridine rings is 1. The second kappa shape index (κ2) is 10.9. The first kappa shape index (κ1) is 24.6. The molecular weight excluding hydrogens is 464 g/mol. The van der Waals surface area contributed by atoms with Crippen molar-refractivity contribution in [1.29, 1.82) is 0 Å². The van der Waals surface area contributed by atoms with Crippen LogP contribution in [-0.4, -0.2) is 30.1 Å². The first-order valence-electron chi connectivity index (χ1n) is 12.7. The summed E-state index contributed by atoms with van der Waals surface area (Å²) in [5, 5.41) is 13.9. The Morgan fingerprint density at radius 3 is 2.65 bits per heavy atom. The molecule has 0 bridgehead atoms. The van der Waals surface area contributed by atoms with E-state index in [1.165, 1.54) is 0 Å². The quantitative estimate of drug-likeness (QED) is 0.281. The summed E-state index contributed by atoms with van der Waals surface area (Å²) < 4.78 is 7.58. The highest BCUT2D eigenvalue weighted by atomic mass is 16.3. The van der Waals surface area contributed by atoms with Crippen LogP contribution in [0.2, 0.25) is 0 Å². The van der Waals surface area contributed by atoms with Gasteiger partial charge in [0.05, 0.1) is 25.4 Å². The van der Waals surface area contributed by atoms with E-state index in [-0.39, 0.29) is 11.6 Å². The molecule has 3 aromatic heterocycles. The van der Waals surface area contributed by atoms with Crippen molar-refractivity contribution in [2.75, 3.05) is 0 Å². The molecule has 5 rings (SSSR count). The van der Waals surface area contributed by atoms with Crippen LogP contribution in [-0.2, 0) is 19.6 Å². The molecule has 0 amide bonds. The lowest BCUT2D eigenvalue weighted by molar-refractivity contribution is 0.144. The Labute approximate surface area is 215 Å². The minimum atomic E-state index is -0.108. The van der Waals surface area contributed by atoms with Crippen molar-refractivity contribution in [3.05, 3.63) is 111 Å². The van der Waals surface area contributed by atoms with E-state index in [1.807, 2.05) is 54.1 Å². The van der Waals surface area contributed by atoms with Gasteiger partial charge in [-0.25, -0.2) is 4.68 Å². The van der Waals surface area contributed by atoms with Crippen molar-refractivity contribution in [2.45, 2.75) is 59.3 Å². The number of H-pyrrole nitrogens is 1. The van der Waals surface area contributed by atoms with Crippen LogP contribution < -0.4 is 5.56 Å². The van der Waals surface area contributed by atoms with Crippen molar-refractivity contribution in [2.24, 2.45) is 0 Å². The number of furan rings is 1. The van der Waals surface area contributed by atoms with E-state index < -0.39 is 0 Å². The fraction of sp³-hybridized carbons (Fsp3) is 0.310. The first-order chi connectivity index (χ1) is 18.0. The number of nitrogens with one attached hydrogen (secondary N) is 1. The molecule has 2 aromatic carbocycles. The third-order valence-electron chi connectivity index (χ3n) is 6.74. The van der Waals surface area contributed by atoms with Gasteiger partial charge in [-0.3, -0.25) is 9.69 Å². The van der Waals surface area contributed by atoms with Gasteiger partial charge in [-0.15, -0.1) is 5.10 Å². The van der Waals surface area contributed by atoms with Crippen LogP contribution in [0.3, 0.4) is 0 Å². The molecule has 0 unspecified atom stereocenters. The van der Waals surface area contributed by atoms with Gasteiger partial charge in [-0.2, -0.15) is 0 Å². The number of hydrogen-bond acceptors (Lipinski definition) is 6. The van der Waals surface area contributed by atoms with Crippen LogP contribution in [0.5, 0.6) is 0 Å². The van der Waals surface area contributed by atoms with Gasteiger partial charge >= 0.3 is 0 Å². The van der Waals surface area contributed by atoms with Crippen molar-refractivity contribution >= 4 is 10.9 Å². The van der Waals surface area contributed by atoms with Crippen LogP contribution in [0.4, 0.5) is 0 Å². The normalized spacial score (nSPS) is 12.4. The Balaban J connectivity index is 1.54. The van der Waals surface area contributed by atoms with E-state index in [0.717, 1.165) is 52.0 Å². The smallest absolute Gasteiger partial charge is 0.252 e. The second-order valence-electron chi connectivity index (χ2n) is 9.64. The number of hydrogen-bond donors (Lipinski definition) is 1. The fourth-order valence-corrected chi connectivity index (χ4v) is 5.00.